The van der Waals surface area contributed by atoms with E-state index in [0.717, 1.165) is 11.3 Å². The molecule has 1 unspecified atom stereocenters. The highest BCUT2D eigenvalue weighted by Gasteiger charge is 2.20. The Morgan fingerprint density at radius 1 is 1.03 bits per heavy atom. The molecule has 0 fully saturated rings. The third-order valence-corrected chi connectivity index (χ3v) is 5.53. The van der Waals surface area contributed by atoms with Gasteiger partial charge in [0.05, 0.1) is 64.1 Å². The Morgan fingerprint density at radius 2 is 1.73 bits per heavy atom. The maximum absolute atomic E-state index is 12.8. The van der Waals surface area contributed by atoms with Crippen LogP contribution in [0, 0.1) is 0 Å². The van der Waals surface area contributed by atoms with Gasteiger partial charge in [0.15, 0.2) is 11.5 Å². The standard InChI is InChI=1S/C24H27N7O5.ClH/c1-33-20-6-5-14(7-18(20)29-24(32)17(25)8-15-11-26-13-27-15)19-12-28-30-31(19)16-9-21(34-2)23(36-4)22(10-16)35-3;/h5-7,9-13,17H,8,25H2,1-4H3,(H,26,27)(H,29,32);1H. The number of hydrogen-bond acceptors (Lipinski definition) is 9. The maximum atomic E-state index is 12.8. The molecule has 13 heteroatoms. The van der Waals surface area contributed by atoms with Gasteiger partial charge in [-0.25, -0.2) is 9.67 Å². The highest BCUT2D eigenvalue weighted by Crippen LogP contribution is 2.40. The van der Waals surface area contributed by atoms with Gasteiger partial charge in [0, 0.05) is 36.0 Å². The average molecular weight is 530 g/mol. The van der Waals surface area contributed by atoms with Crippen molar-refractivity contribution in [1.82, 2.24) is 25.0 Å². The van der Waals surface area contributed by atoms with E-state index in [1.807, 2.05) is 6.07 Å². The number of nitrogens with zero attached hydrogens (tertiary/aromatic N) is 4. The molecule has 0 aliphatic heterocycles. The molecule has 4 aromatic rings. The molecular formula is C24H28ClN7O5. The first-order valence-electron chi connectivity index (χ1n) is 10.9. The molecule has 4 N–H and O–H groups in total. The molecular weight excluding hydrogens is 502 g/mol. The zero-order valence-electron chi connectivity index (χ0n) is 20.7. The van der Waals surface area contributed by atoms with Crippen molar-refractivity contribution in [1.29, 1.82) is 0 Å². The first-order valence-corrected chi connectivity index (χ1v) is 10.9. The van der Waals surface area contributed by atoms with Gasteiger partial charge in [-0.05, 0) is 18.2 Å². The topological polar surface area (TPSA) is 151 Å². The van der Waals surface area contributed by atoms with Crippen molar-refractivity contribution in [3.8, 4) is 39.9 Å². The minimum atomic E-state index is -0.787. The second kappa shape index (κ2) is 12.1. The molecule has 2 aromatic carbocycles. The fraction of sp³-hybridized carbons (Fsp3) is 0.250. The summed E-state index contributed by atoms with van der Waals surface area (Å²) in [6, 6.07) is 8.10. The summed E-state index contributed by atoms with van der Waals surface area (Å²) >= 11 is 0. The lowest BCUT2D eigenvalue weighted by Crippen LogP contribution is -2.37. The van der Waals surface area contributed by atoms with E-state index in [9.17, 15) is 4.79 Å². The van der Waals surface area contributed by atoms with Crippen LogP contribution in [0.5, 0.6) is 23.0 Å². The smallest absolute Gasteiger partial charge is 0.241 e. The van der Waals surface area contributed by atoms with E-state index < -0.39 is 6.04 Å². The second-order valence-electron chi connectivity index (χ2n) is 7.71. The van der Waals surface area contributed by atoms with Gasteiger partial charge in [-0.15, -0.1) is 17.5 Å². The highest BCUT2D eigenvalue weighted by atomic mass is 35.5. The largest absolute Gasteiger partial charge is 0.495 e. The van der Waals surface area contributed by atoms with E-state index in [-0.39, 0.29) is 18.3 Å². The Morgan fingerprint density at radius 3 is 2.32 bits per heavy atom. The average Bonchev–Trinajstić information content (AvgIpc) is 3.60. The molecule has 0 spiro atoms. The van der Waals surface area contributed by atoms with E-state index in [1.54, 1.807) is 55.6 Å². The summed E-state index contributed by atoms with van der Waals surface area (Å²) in [7, 11) is 6.14. The molecule has 196 valence electrons. The van der Waals surface area contributed by atoms with Crippen LogP contribution in [0.1, 0.15) is 5.69 Å². The van der Waals surface area contributed by atoms with Crippen LogP contribution in [0.3, 0.4) is 0 Å². The number of nitrogens with one attached hydrogen (secondary N) is 2. The number of methoxy groups -OCH3 is 4. The number of amides is 1. The number of ether oxygens (including phenoxy) is 4. The van der Waals surface area contributed by atoms with Gasteiger partial charge >= 0.3 is 0 Å². The van der Waals surface area contributed by atoms with Crippen molar-refractivity contribution in [3.05, 3.63) is 54.7 Å². The van der Waals surface area contributed by atoms with Crippen LogP contribution in [-0.2, 0) is 11.2 Å². The van der Waals surface area contributed by atoms with Crippen LogP contribution < -0.4 is 30.0 Å². The highest BCUT2D eigenvalue weighted by molar-refractivity contribution is 5.96. The Bertz CT molecular complexity index is 1320. The second-order valence-corrected chi connectivity index (χ2v) is 7.71. The lowest BCUT2D eigenvalue weighted by Gasteiger charge is -2.16. The summed E-state index contributed by atoms with van der Waals surface area (Å²) in [6.07, 6.45) is 5.09. The lowest BCUT2D eigenvalue weighted by atomic mass is 10.1. The number of nitrogens with two attached hydrogens (primary N) is 1. The number of aromatic nitrogens is 5. The molecule has 0 aliphatic carbocycles. The fourth-order valence-electron chi connectivity index (χ4n) is 3.73. The zero-order valence-corrected chi connectivity index (χ0v) is 21.5. The Labute approximate surface area is 219 Å². The van der Waals surface area contributed by atoms with Crippen molar-refractivity contribution >= 4 is 24.0 Å². The minimum absolute atomic E-state index is 0. The number of hydrogen-bond donors (Lipinski definition) is 3. The van der Waals surface area contributed by atoms with E-state index in [4.69, 9.17) is 24.7 Å². The van der Waals surface area contributed by atoms with Gasteiger partial charge in [-0.1, -0.05) is 5.21 Å². The van der Waals surface area contributed by atoms with Crippen molar-refractivity contribution in [2.24, 2.45) is 5.73 Å². The molecule has 0 saturated carbocycles. The van der Waals surface area contributed by atoms with E-state index in [0.29, 0.717) is 46.5 Å². The molecule has 2 heterocycles. The molecule has 0 bridgehead atoms. The molecule has 4 rings (SSSR count). The predicted molar refractivity (Wildman–Crippen MR) is 139 cm³/mol. The number of halogens is 1. The zero-order chi connectivity index (χ0) is 25.7. The number of H-pyrrole nitrogens is 1. The van der Waals surface area contributed by atoms with Crippen molar-refractivity contribution < 1.29 is 23.7 Å². The molecule has 0 saturated heterocycles. The number of benzene rings is 2. The van der Waals surface area contributed by atoms with Crippen molar-refractivity contribution in [3.63, 3.8) is 0 Å². The maximum Gasteiger partial charge on any atom is 0.241 e. The Hall–Kier alpha value is -4.29. The third-order valence-electron chi connectivity index (χ3n) is 5.53. The molecule has 2 aromatic heterocycles. The predicted octanol–water partition coefficient (Wildman–Crippen LogP) is 2.62. The van der Waals surface area contributed by atoms with Crippen LogP contribution in [-0.4, -0.2) is 65.4 Å². The number of rotatable bonds is 10. The normalized spacial score (nSPS) is 11.3. The SMILES string of the molecule is COc1ccc(-c2cnnn2-c2cc(OC)c(OC)c(OC)c2)cc1NC(=O)C(N)Cc1cnc[nH]1.Cl. The van der Waals surface area contributed by atoms with Gasteiger partial charge in [0.1, 0.15) is 5.75 Å². The van der Waals surface area contributed by atoms with Crippen LogP contribution in [0.2, 0.25) is 0 Å². The quantitative estimate of drug-likeness (QED) is 0.281. The molecule has 37 heavy (non-hydrogen) atoms. The van der Waals surface area contributed by atoms with Gasteiger partial charge < -0.3 is 35.0 Å². The summed E-state index contributed by atoms with van der Waals surface area (Å²) in [4.78, 5) is 19.7. The molecule has 0 aliphatic rings. The Balaban J connectivity index is 0.00000380. The first kappa shape index (κ1) is 27.3. The van der Waals surface area contributed by atoms with E-state index in [2.05, 4.69) is 25.6 Å². The fourth-order valence-corrected chi connectivity index (χ4v) is 3.73. The van der Waals surface area contributed by atoms with Crippen LogP contribution in [0.4, 0.5) is 5.69 Å². The lowest BCUT2D eigenvalue weighted by molar-refractivity contribution is -0.117. The monoisotopic (exact) mass is 529 g/mol. The molecule has 0 radical (unpaired) electrons. The molecule has 1 atom stereocenters. The number of carbonyl (C=O) groups excluding carboxylic acids is 1. The van der Waals surface area contributed by atoms with Crippen LogP contribution in [0.25, 0.3) is 16.9 Å². The number of carbonyl (C=O) groups is 1. The van der Waals surface area contributed by atoms with Gasteiger partial charge in [0.2, 0.25) is 11.7 Å². The van der Waals surface area contributed by atoms with Crippen molar-refractivity contribution in [2.45, 2.75) is 12.5 Å². The number of aromatic amines is 1. The number of imidazole rings is 1. The van der Waals surface area contributed by atoms with E-state index in [1.165, 1.54) is 20.5 Å². The summed E-state index contributed by atoms with van der Waals surface area (Å²) in [5.74, 6) is 1.53. The minimum Gasteiger partial charge on any atom is -0.495 e. The molecule has 12 nitrogen and oxygen atoms in total. The van der Waals surface area contributed by atoms with Crippen molar-refractivity contribution in [2.75, 3.05) is 33.8 Å². The summed E-state index contributed by atoms with van der Waals surface area (Å²) in [6.45, 7) is 0. The molecule has 1 amide bonds. The third kappa shape index (κ3) is 5.76. The van der Waals surface area contributed by atoms with Crippen LogP contribution >= 0.6 is 12.4 Å². The summed E-state index contributed by atoms with van der Waals surface area (Å²) in [5.41, 5.74) is 9.34. The number of anilines is 1. The van der Waals surface area contributed by atoms with Gasteiger partial charge in [0.25, 0.3) is 0 Å². The van der Waals surface area contributed by atoms with Gasteiger partial charge in [-0.3, -0.25) is 4.79 Å². The Kier molecular flexibility index (Phi) is 8.93. The van der Waals surface area contributed by atoms with E-state index >= 15 is 0 Å². The summed E-state index contributed by atoms with van der Waals surface area (Å²) in [5, 5.41) is 11.2. The van der Waals surface area contributed by atoms with Crippen LogP contribution in [0.15, 0.2) is 49.1 Å². The summed E-state index contributed by atoms with van der Waals surface area (Å²) < 4.78 is 23.4. The van der Waals surface area contributed by atoms with Gasteiger partial charge in [-0.2, -0.15) is 0 Å². The first-order chi connectivity index (χ1) is 17.5.